The van der Waals surface area contributed by atoms with Gasteiger partial charge in [0.25, 0.3) is 0 Å². The molecule has 1 aromatic heterocycles. The fourth-order valence-electron chi connectivity index (χ4n) is 2.74. The Labute approximate surface area is 122 Å². The first-order chi connectivity index (χ1) is 9.56. The number of rotatable bonds is 2. The summed E-state index contributed by atoms with van der Waals surface area (Å²) in [6.07, 6.45) is 2.61. The molecule has 1 heterocycles. The lowest BCUT2D eigenvalue weighted by atomic mass is 9.91. The van der Waals surface area contributed by atoms with Crippen molar-refractivity contribution in [2.45, 2.75) is 39.0 Å². The number of aromatic nitrogens is 1. The molecule has 2 aromatic rings. The van der Waals surface area contributed by atoms with Crippen LogP contribution in [0.2, 0.25) is 0 Å². The molecule has 3 rings (SSSR count). The first kappa shape index (κ1) is 13.3. The van der Waals surface area contributed by atoms with E-state index < -0.39 is 11.9 Å². The lowest BCUT2D eigenvalue weighted by Crippen LogP contribution is -2.17. The van der Waals surface area contributed by atoms with Crippen molar-refractivity contribution in [2.75, 3.05) is 0 Å². The molecule has 1 N–H and O–H groups in total. The van der Waals surface area contributed by atoms with Crippen LogP contribution in [0.1, 0.15) is 40.5 Å². The topological polar surface area (TPSA) is 50.2 Å². The van der Waals surface area contributed by atoms with E-state index in [1.807, 2.05) is 0 Å². The number of aryl methyl sites for hydroxylation is 3. The molecule has 0 bridgehead atoms. The maximum atomic E-state index is 11.3. The summed E-state index contributed by atoms with van der Waals surface area (Å²) in [6.45, 7) is 4.14. The predicted octanol–water partition coefficient (Wildman–Crippen LogP) is 3.93. The maximum Gasteiger partial charge on any atom is 0.312 e. The summed E-state index contributed by atoms with van der Waals surface area (Å²) in [6, 6.07) is 6.32. The summed E-state index contributed by atoms with van der Waals surface area (Å²) < 4.78 is 0. The minimum Gasteiger partial charge on any atom is -0.481 e. The Bertz CT molecular complexity index is 675. The lowest BCUT2D eigenvalue weighted by molar-refractivity contribution is -0.139. The monoisotopic (exact) mass is 287 g/mol. The molecule has 3 nitrogen and oxygen atoms in total. The van der Waals surface area contributed by atoms with Gasteiger partial charge in [0.2, 0.25) is 0 Å². The number of fused-ring (bicyclic) bond motifs is 1. The molecule has 0 radical (unpaired) electrons. The number of benzene rings is 1. The van der Waals surface area contributed by atoms with Gasteiger partial charge in [0, 0.05) is 10.4 Å². The third kappa shape index (κ3) is 2.24. The van der Waals surface area contributed by atoms with Crippen LogP contribution in [0, 0.1) is 13.8 Å². The summed E-state index contributed by atoms with van der Waals surface area (Å²) >= 11 is 1.66. The van der Waals surface area contributed by atoms with Gasteiger partial charge < -0.3 is 5.11 Å². The van der Waals surface area contributed by atoms with Gasteiger partial charge in [-0.1, -0.05) is 17.7 Å². The highest BCUT2D eigenvalue weighted by Crippen LogP contribution is 2.39. The molecule has 1 aliphatic rings. The smallest absolute Gasteiger partial charge is 0.312 e. The van der Waals surface area contributed by atoms with Gasteiger partial charge in [-0.3, -0.25) is 4.79 Å². The molecule has 4 heteroatoms. The van der Waals surface area contributed by atoms with Gasteiger partial charge in [-0.2, -0.15) is 0 Å². The van der Waals surface area contributed by atoms with E-state index in [9.17, 15) is 9.90 Å². The molecule has 20 heavy (non-hydrogen) atoms. The number of hydrogen-bond donors (Lipinski definition) is 1. The fraction of sp³-hybridized carbons (Fsp3) is 0.375. The lowest BCUT2D eigenvalue weighted by Gasteiger charge is -2.16. The molecule has 0 spiro atoms. The average Bonchev–Trinajstić information content (AvgIpc) is 2.84. The highest BCUT2D eigenvalue weighted by Gasteiger charge is 2.30. The molecular formula is C16H17NO2S. The summed E-state index contributed by atoms with van der Waals surface area (Å²) in [5.74, 6) is -1.17. The van der Waals surface area contributed by atoms with Crippen molar-refractivity contribution in [1.29, 1.82) is 0 Å². The van der Waals surface area contributed by atoms with Crippen molar-refractivity contribution in [3.63, 3.8) is 0 Å². The van der Waals surface area contributed by atoms with Gasteiger partial charge in [0.05, 0.1) is 11.6 Å². The summed E-state index contributed by atoms with van der Waals surface area (Å²) in [5.41, 5.74) is 4.32. The number of carboxylic acid groups (broad SMARTS) is 1. The third-order valence-corrected chi connectivity index (χ3v) is 5.04. The van der Waals surface area contributed by atoms with Crippen LogP contribution in [-0.4, -0.2) is 16.1 Å². The standard InChI is InChI=1S/C16H17NO2S/c1-9-6-7-10(2)12(8-9)15-17-14-11(16(18)19)4-3-5-13(14)20-15/h6-8,11H,3-5H2,1-2H3,(H,18,19). The largest absolute Gasteiger partial charge is 0.481 e. The number of carboxylic acids is 1. The molecule has 104 valence electrons. The molecule has 1 atom stereocenters. The van der Waals surface area contributed by atoms with Crippen LogP contribution >= 0.6 is 11.3 Å². The summed E-state index contributed by atoms with van der Waals surface area (Å²) in [7, 11) is 0. The third-order valence-electron chi connectivity index (χ3n) is 3.88. The Morgan fingerprint density at radius 2 is 2.20 bits per heavy atom. The van der Waals surface area contributed by atoms with Crippen LogP contribution in [0.15, 0.2) is 18.2 Å². The summed E-state index contributed by atoms with van der Waals surface area (Å²) in [5, 5.41) is 10.3. The Balaban J connectivity index is 2.09. The van der Waals surface area contributed by atoms with Gasteiger partial charge in [-0.15, -0.1) is 11.3 Å². The zero-order valence-corrected chi connectivity index (χ0v) is 12.5. The Kier molecular flexibility index (Phi) is 3.34. The van der Waals surface area contributed by atoms with E-state index in [-0.39, 0.29) is 0 Å². The van der Waals surface area contributed by atoms with Gasteiger partial charge in [0.15, 0.2) is 0 Å². The van der Waals surface area contributed by atoms with E-state index in [0.29, 0.717) is 6.42 Å². The first-order valence-corrected chi connectivity index (χ1v) is 7.68. The molecule has 1 aliphatic carbocycles. The second kappa shape index (κ2) is 5.02. The molecule has 0 saturated heterocycles. The van der Waals surface area contributed by atoms with Crippen molar-refractivity contribution in [1.82, 2.24) is 4.98 Å². The van der Waals surface area contributed by atoms with Crippen molar-refractivity contribution in [2.24, 2.45) is 0 Å². The second-order valence-corrected chi connectivity index (χ2v) is 6.51. The number of aliphatic carboxylic acids is 1. The van der Waals surface area contributed by atoms with E-state index in [4.69, 9.17) is 0 Å². The SMILES string of the molecule is Cc1ccc(C)c(-c2nc3c(s2)CCCC3C(=O)O)c1. The molecule has 1 unspecified atom stereocenters. The second-order valence-electron chi connectivity index (χ2n) is 5.43. The van der Waals surface area contributed by atoms with Gasteiger partial charge >= 0.3 is 5.97 Å². The van der Waals surface area contributed by atoms with Gasteiger partial charge in [-0.05, 0) is 44.7 Å². The molecule has 0 saturated carbocycles. The number of carbonyl (C=O) groups is 1. The minimum absolute atomic E-state index is 0.422. The van der Waals surface area contributed by atoms with Crippen molar-refractivity contribution >= 4 is 17.3 Å². The minimum atomic E-state index is -0.747. The Morgan fingerprint density at radius 3 is 2.95 bits per heavy atom. The van der Waals surface area contributed by atoms with Crippen LogP contribution in [0.3, 0.4) is 0 Å². The number of nitrogens with zero attached hydrogens (tertiary/aromatic N) is 1. The molecule has 1 aromatic carbocycles. The number of hydrogen-bond acceptors (Lipinski definition) is 3. The van der Waals surface area contributed by atoms with Crippen LogP contribution in [0.4, 0.5) is 0 Å². The van der Waals surface area contributed by atoms with Crippen molar-refractivity contribution in [3.8, 4) is 10.6 Å². The highest BCUT2D eigenvalue weighted by molar-refractivity contribution is 7.15. The van der Waals surface area contributed by atoms with Crippen LogP contribution in [0.25, 0.3) is 10.6 Å². The van der Waals surface area contributed by atoms with E-state index in [1.165, 1.54) is 11.1 Å². The van der Waals surface area contributed by atoms with Crippen molar-refractivity contribution < 1.29 is 9.90 Å². The Morgan fingerprint density at radius 1 is 1.40 bits per heavy atom. The van der Waals surface area contributed by atoms with Crippen molar-refractivity contribution in [3.05, 3.63) is 39.9 Å². The molecular weight excluding hydrogens is 270 g/mol. The van der Waals surface area contributed by atoms with Crippen LogP contribution in [-0.2, 0) is 11.2 Å². The highest BCUT2D eigenvalue weighted by atomic mass is 32.1. The van der Waals surface area contributed by atoms with E-state index in [0.717, 1.165) is 34.0 Å². The zero-order valence-electron chi connectivity index (χ0n) is 11.6. The Hall–Kier alpha value is -1.68. The van der Waals surface area contributed by atoms with E-state index in [1.54, 1.807) is 11.3 Å². The zero-order chi connectivity index (χ0) is 14.3. The normalized spacial score (nSPS) is 17.8. The number of thiazole rings is 1. The predicted molar refractivity (Wildman–Crippen MR) is 80.3 cm³/mol. The quantitative estimate of drug-likeness (QED) is 0.910. The average molecular weight is 287 g/mol. The van der Waals surface area contributed by atoms with Gasteiger partial charge in [-0.25, -0.2) is 4.98 Å². The van der Waals surface area contributed by atoms with E-state index >= 15 is 0 Å². The van der Waals surface area contributed by atoms with Crippen LogP contribution in [0.5, 0.6) is 0 Å². The van der Waals surface area contributed by atoms with Crippen LogP contribution < -0.4 is 0 Å². The first-order valence-electron chi connectivity index (χ1n) is 6.86. The summed E-state index contributed by atoms with van der Waals surface area (Å²) in [4.78, 5) is 17.2. The molecule has 0 amide bonds. The van der Waals surface area contributed by atoms with Gasteiger partial charge in [0.1, 0.15) is 5.01 Å². The molecule has 0 fully saturated rings. The fourth-order valence-corrected chi connectivity index (χ4v) is 3.99. The maximum absolute atomic E-state index is 11.3. The van der Waals surface area contributed by atoms with E-state index in [2.05, 4.69) is 37.0 Å². The molecule has 0 aliphatic heterocycles.